The van der Waals surface area contributed by atoms with E-state index < -0.39 is 0 Å². The summed E-state index contributed by atoms with van der Waals surface area (Å²) in [6.07, 6.45) is 0. The third kappa shape index (κ3) is 2.93. The third-order valence-corrected chi connectivity index (χ3v) is 2.32. The van der Waals surface area contributed by atoms with Crippen LogP contribution in [0.25, 0.3) is 0 Å². The molecule has 60 valence electrons. The quantitative estimate of drug-likeness (QED) is 0.527. The number of thioether (sulfide) groups is 1. The Morgan fingerprint density at radius 1 is 1.36 bits per heavy atom. The van der Waals surface area contributed by atoms with Crippen LogP contribution in [0.5, 0.6) is 0 Å². The van der Waals surface area contributed by atoms with E-state index in [0.29, 0.717) is 0 Å². The number of hydrogen-bond donors (Lipinski definition) is 2. The second-order valence-corrected chi connectivity index (χ2v) is 3.36. The summed E-state index contributed by atoms with van der Waals surface area (Å²) in [7, 11) is 1.85. The highest BCUT2D eigenvalue weighted by atomic mass is 32.2. The molecule has 0 aliphatic heterocycles. The molecule has 0 amide bonds. The zero-order valence-electron chi connectivity index (χ0n) is 6.45. The highest BCUT2D eigenvalue weighted by molar-refractivity contribution is 7.99. The van der Waals surface area contributed by atoms with Gasteiger partial charge in [0.25, 0.3) is 0 Å². The van der Waals surface area contributed by atoms with Gasteiger partial charge in [0.2, 0.25) is 0 Å². The molecule has 0 saturated carbocycles. The van der Waals surface area contributed by atoms with E-state index in [1.54, 1.807) is 11.8 Å². The Morgan fingerprint density at radius 2 is 2.00 bits per heavy atom. The van der Waals surface area contributed by atoms with Crippen LogP contribution < -0.4 is 11.1 Å². The van der Waals surface area contributed by atoms with Gasteiger partial charge in [-0.25, -0.2) is 0 Å². The number of benzene rings is 1. The second kappa shape index (κ2) is 4.38. The Labute approximate surface area is 71.2 Å². The van der Waals surface area contributed by atoms with Crippen molar-refractivity contribution < 1.29 is 0 Å². The molecule has 0 aliphatic rings. The van der Waals surface area contributed by atoms with Crippen molar-refractivity contribution in [3.8, 4) is 0 Å². The van der Waals surface area contributed by atoms with Crippen LogP contribution in [-0.2, 0) is 0 Å². The van der Waals surface area contributed by atoms with Crippen LogP contribution in [0.4, 0.5) is 0 Å². The Balaban J connectivity index is 2.51. The first-order valence-corrected chi connectivity index (χ1v) is 4.35. The standard InChI is InChI=1S/C8H12N2S/c1-10-8(9)11-7-5-3-2-4-6-7/h2-6,8,10H,9H2,1H3. The molecule has 11 heavy (non-hydrogen) atoms. The van der Waals surface area contributed by atoms with Gasteiger partial charge < -0.3 is 5.73 Å². The van der Waals surface area contributed by atoms with Crippen LogP contribution in [0.15, 0.2) is 35.2 Å². The summed E-state index contributed by atoms with van der Waals surface area (Å²) in [5.74, 6) is 0. The Kier molecular flexibility index (Phi) is 3.42. The van der Waals surface area contributed by atoms with Gasteiger partial charge in [-0.1, -0.05) is 30.0 Å². The lowest BCUT2D eigenvalue weighted by molar-refractivity contribution is 0.775. The molecule has 2 nitrogen and oxygen atoms in total. The SMILES string of the molecule is CNC(N)Sc1ccccc1. The molecule has 0 spiro atoms. The van der Waals surface area contributed by atoms with Gasteiger partial charge in [0.1, 0.15) is 5.50 Å². The first-order valence-electron chi connectivity index (χ1n) is 3.47. The predicted molar refractivity (Wildman–Crippen MR) is 49.3 cm³/mol. The normalized spacial score (nSPS) is 12.9. The second-order valence-electron chi connectivity index (χ2n) is 2.14. The van der Waals surface area contributed by atoms with Crippen molar-refractivity contribution in [1.29, 1.82) is 0 Å². The van der Waals surface area contributed by atoms with E-state index in [1.807, 2.05) is 37.4 Å². The van der Waals surface area contributed by atoms with E-state index in [4.69, 9.17) is 5.73 Å². The number of rotatable bonds is 3. The van der Waals surface area contributed by atoms with Crippen molar-refractivity contribution in [3.63, 3.8) is 0 Å². The molecule has 0 bridgehead atoms. The first kappa shape index (κ1) is 8.59. The average molecular weight is 168 g/mol. The van der Waals surface area contributed by atoms with Gasteiger partial charge >= 0.3 is 0 Å². The lowest BCUT2D eigenvalue weighted by atomic mass is 10.4. The molecule has 1 rings (SSSR count). The van der Waals surface area contributed by atoms with E-state index in [2.05, 4.69) is 5.32 Å². The minimum atomic E-state index is -0.0163. The molecular formula is C8H12N2S. The van der Waals surface area contributed by atoms with Gasteiger partial charge in [-0.2, -0.15) is 0 Å². The van der Waals surface area contributed by atoms with Gasteiger partial charge in [-0.05, 0) is 19.2 Å². The van der Waals surface area contributed by atoms with Gasteiger partial charge in [-0.3, -0.25) is 5.32 Å². The molecule has 1 atom stereocenters. The molecule has 1 aromatic carbocycles. The monoisotopic (exact) mass is 168 g/mol. The largest absolute Gasteiger partial charge is 0.307 e. The molecule has 0 aromatic heterocycles. The van der Waals surface area contributed by atoms with Gasteiger partial charge in [-0.15, -0.1) is 0 Å². The Hall–Kier alpha value is -0.510. The fraction of sp³-hybridized carbons (Fsp3) is 0.250. The van der Waals surface area contributed by atoms with Crippen LogP contribution >= 0.6 is 11.8 Å². The zero-order valence-corrected chi connectivity index (χ0v) is 7.27. The van der Waals surface area contributed by atoms with E-state index in [9.17, 15) is 0 Å². The lowest BCUT2D eigenvalue weighted by Crippen LogP contribution is -2.30. The molecular weight excluding hydrogens is 156 g/mol. The van der Waals surface area contributed by atoms with Crippen LogP contribution in [-0.4, -0.2) is 12.5 Å². The van der Waals surface area contributed by atoms with Crippen LogP contribution in [0.2, 0.25) is 0 Å². The highest BCUT2D eigenvalue weighted by Crippen LogP contribution is 2.17. The van der Waals surface area contributed by atoms with E-state index in [1.165, 1.54) is 4.90 Å². The van der Waals surface area contributed by atoms with E-state index in [-0.39, 0.29) is 5.50 Å². The molecule has 0 heterocycles. The maximum Gasteiger partial charge on any atom is 0.107 e. The number of nitrogens with one attached hydrogen (secondary N) is 1. The van der Waals surface area contributed by atoms with E-state index in [0.717, 1.165) is 0 Å². The summed E-state index contributed by atoms with van der Waals surface area (Å²) in [5, 5.41) is 2.95. The van der Waals surface area contributed by atoms with Crippen molar-refractivity contribution in [3.05, 3.63) is 30.3 Å². The van der Waals surface area contributed by atoms with Gasteiger partial charge in [0.15, 0.2) is 0 Å². The minimum Gasteiger partial charge on any atom is -0.307 e. The lowest BCUT2D eigenvalue weighted by Gasteiger charge is -2.08. The summed E-state index contributed by atoms with van der Waals surface area (Å²) in [6, 6.07) is 10.1. The first-order chi connectivity index (χ1) is 5.33. The average Bonchev–Trinajstić information content (AvgIpc) is 2.06. The van der Waals surface area contributed by atoms with Crippen LogP contribution in [0.1, 0.15) is 0 Å². The number of hydrogen-bond acceptors (Lipinski definition) is 3. The third-order valence-electron chi connectivity index (χ3n) is 1.29. The fourth-order valence-electron chi connectivity index (χ4n) is 0.705. The summed E-state index contributed by atoms with van der Waals surface area (Å²) in [5.41, 5.74) is 5.64. The summed E-state index contributed by atoms with van der Waals surface area (Å²) in [6.45, 7) is 0. The molecule has 1 unspecified atom stereocenters. The molecule has 0 fully saturated rings. The summed E-state index contributed by atoms with van der Waals surface area (Å²) < 4.78 is 0. The van der Waals surface area contributed by atoms with Crippen LogP contribution in [0, 0.1) is 0 Å². The molecule has 0 radical (unpaired) electrons. The maximum atomic E-state index is 5.66. The molecule has 0 saturated heterocycles. The number of nitrogens with two attached hydrogens (primary N) is 1. The van der Waals surface area contributed by atoms with Crippen molar-refractivity contribution >= 4 is 11.8 Å². The smallest absolute Gasteiger partial charge is 0.107 e. The Morgan fingerprint density at radius 3 is 2.55 bits per heavy atom. The van der Waals surface area contributed by atoms with E-state index >= 15 is 0 Å². The van der Waals surface area contributed by atoms with Crippen LogP contribution in [0.3, 0.4) is 0 Å². The highest BCUT2D eigenvalue weighted by Gasteiger charge is 1.98. The van der Waals surface area contributed by atoms with Gasteiger partial charge in [0, 0.05) is 4.90 Å². The predicted octanol–water partition coefficient (Wildman–Crippen LogP) is 1.24. The zero-order chi connectivity index (χ0) is 8.10. The minimum absolute atomic E-state index is 0.0163. The Bertz CT molecular complexity index is 201. The topological polar surface area (TPSA) is 38.0 Å². The van der Waals surface area contributed by atoms with Crippen molar-refractivity contribution in [2.45, 2.75) is 10.4 Å². The molecule has 1 aromatic rings. The molecule has 3 heteroatoms. The molecule has 3 N–H and O–H groups in total. The van der Waals surface area contributed by atoms with Crippen molar-refractivity contribution in [2.75, 3.05) is 7.05 Å². The summed E-state index contributed by atoms with van der Waals surface area (Å²) >= 11 is 1.61. The van der Waals surface area contributed by atoms with Crippen molar-refractivity contribution in [2.24, 2.45) is 5.73 Å². The van der Waals surface area contributed by atoms with Gasteiger partial charge in [0.05, 0.1) is 0 Å². The summed E-state index contributed by atoms with van der Waals surface area (Å²) in [4.78, 5) is 1.19. The van der Waals surface area contributed by atoms with Crippen molar-refractivity contribution in [1.82, 2.24) is 5.32 Å². The maximum absolute atomic E-state index is 5.66. The molecule has 0 aliphatic carbocycles. The fourth-order valence-corrected chi connectivity index (χ4v) is 1.43.